The topological polar surface area (TPSA) is 210 Å². The van der Waals surface area contributed by atoms with Crippen molar-refractivity contribution in [1.82, 2.24) is 31.9 Å². The smallest absolute Gasteiger partial charge is 0.408 e. The molecule has 0 aliphatic heterocycles. The third-order valence-corrected chi connectivity index (χ3v) is 8.92. The third kappa shape index (κ3) is 15.4. The number of alkyl carbamates (subject to hydrolysis) is 1. The molecule has 0 radical (unpaired) electrons. The zero-order chi connectivity index (χ0) is 41.1. The van der Waals surface area contributed by atoms with Crippen molar-refractivity contribution >= 4 is 41.6 Å². The Morgan fingerprint density at radius 1 is 0.618 bits per heavy atom. The first-order valence-corrected chi connectivity index (χ1v) is 18.7. The van der Waals surface area contributed by atoms with Crippen LogP contribution in [-0.2, 0) is 40.1 Å². The van der Waals surface area contributed by atoms with Crippen molar-refractivity contribution in [3.63, 3.8) is 0 Å². The van der Waals surface area contributed by atoms with E-state index in [4.69, 9.17) is 9.47 Å². The number of hydrogen-bond donors (Lipinski definition) is 6. The Kier molecular flexibility index (Phi) is 19.4. The summed E-state index contributed by atoms with van der Waals surface area (Å²) < 4.78 is 10.2. The van der Waals surface area contributed by atoms with Crippen molar-refractivity contribution in [2.24, 2.45) is 17.8 Å². The third-order valence-electron chi connectivity index (χ3n) is 8.92. The van der Waals surface area contributed by atoms with E-state index in [0.29, 0.717) is 12.0 Å². The molecule has 0 aromatic heterocycles. The number of carbonyl (C=O) groups is 7. The molecule has 55 heavy (non-hydrogen) atoms. The van der Waals surface area contributed by atoms with Gasteiger partial charge in [0.25, 0.3) is 5.91 Å². The van der Waals surface area contributed by atoms with Crippen LogP contribution in [0.25, 0.3) is 0 Å². The van der Waals surface area contributed by atoms with E-state index < -0.39 is 77.7 Å². The van der Waals surface area contributed by atoms with E-state index in [1.807, 2.05) is 39.0 Å². The first-order valence-electron chi connectivity index (χ1n) is 18.7. The van der Waals surface area contributed by atoms with Crippen LogP contribution >= 0.6 is 0 Å². The number of esters is 1. The van der Waals surface area contributed by atoms with Crippen LogP contribution in [0.4, 0.5) is 4.79 Å². The van der Waals surface area contributed by atoms with E-state index in [-0.39, 0.29) is 37.8 Å². The van der Waals surface area contributed by atoms with Gasteiger partial charge in [0.05, 0.1) is 7.11 Å². The summed E-state index contributed by atoms with van der Waals surface area (Å²) in [7, 11) is 1.22. The number of carbonyl (C=O) groups excluding carboxylic acids is 7. The van der Waals surface area contributed by atoms with E-state index >= 15 is 0 Å². The summed E-state index contributed by atoms with van der Waals surface area (Å²) in [6.07, 6.45) is 0.0476. The minimum atomic E-state index is -1.40. The van der Waals surface area contributed by atoms with Crippen LogP contribution in [0.15, 0.2) is 60.7 Å². The van der Waals surface area contributed by atoms with Crippen LogP contribution in [0, 0.1) is 17.8 Å². The van der Waals surface area contributed by atoms with Gasteiger partial charge >= 0.3 is 12.1 Å². The first-order chi connectivity index (χ1) is 26.1. The molecule has 0 bridgehead atoms. The Morgan fingerprint density at radius 2 is 1.16 bits per heavy atom. The monoisotopic (exact) mass is 766 g/mol. The van der Waals surface area contributed by atoms with Crippen LogP contribution in [0.3, 0.4) is 0 Å². The fraction of sp³-hybridized carbons (Fsp3) is 0.525. The SMILES string of the molecule is CC[C@H](NC(=O)C(CNC(=O)c1ccccc1)NC(=O)[C@H](CC(C)C)NC(=O)[C@@H](NC(=O)OCc1ccccc1)C(C)C)C(=O)N[C@H](C(=O)OC)[C@@H](C)CC. The number of rotatable bonds is 21. The Balaban J connectivity index is 2.29. The lowest BCUT2D eigenvalue weighted by molar-refractivity contribution is -0.147. The predicted octanol–water partition coefficient (Wildman–Crippen LogP) is 2.98. The highest BCUT2D eigenvalue weighted by Gasteiger charge is 2.34. The summed E-state index contributed by atoms with van der Waals surface area (Å²) >= 11 is 0. The Labute approximate surface area is 323 Å². The zero-order valence-electron chi connectivity index (χ0n) is 33.1. The normalized spacial score (nSPS) is 14.2. The van der Waals surface area contributed by atoms with E-state index in [0.717, 1.165) is 5.56 Å². The summed E-state index contributed by atoms with van der Waals surface area (Å²) in [5, 5.41) is 15.9. The summed E-state index contributed by atoms with van der Waals surface area (Å²) in [4.78, 5) is 92.7. The molecule has 0 saturated carbocycles. The lowest BCUT2D eigenvalue weighted by Crippen LogP contribution is -2.61. The average molecular weight is 767 g/mol. The van der Waals surface area contributed by atoms with E-state index in [2.05, 4.69) is 31.9 Å². The molecule has 6 N–H and O–H groups in total. The molecular weight excluding hydrogens is 708 g/mol. The number of hydrogen-bond acceptors (Lipinski definition) is 9. The predicted molar refractivity (Wildman–Crippen MR) is 206 cm³/mol. The van der Waals surface area contributed by atoms with Gasteiger partial charge in [-0.05, 0) is 48.3 Å². The van der Waals surface area contributed by atoms with Gasteiger partial charge in [-0.1, -0.05) is 103 Å². The van der Waals surface area contributed by atoms with Gasteiger partial charge in [0, 0.05) is 12.1 Å². The summed E-state index contributed by atoms with van der Waals surface area (Å²) in [5.74, 6) is -4.69. The van der Waals surface area contributed by atoms with Crippen LogP contribution in [0.1, 0.15) is 83.7 Å². The van der Waals surface area contributed by atoms with Crippen molar-refractivity contribution in [3.05, 3.63) is 71.8 Å². The van der Waals surface area contributed by atoms with Gasteiger partial charge in [0.15, 0.2) is 0 Å². The van der Waals surface area contributed by atoms with Crippen molar-refractivity contribution in [2.45, 2.75) is 105 Å². The van der Waals surface area contributed by atoms with Crippen molar-refractivity contribution in [1.29, 1.82) is 0 Å². The minimum Gasteiger partial charge on any atom is -0.467 e. The molecule has 1 unspecified atom stereocenters. The number of nitrogens with one attached hydrogen (secondary N) is 6. The fourth-order valence-electron chi connectivity index (χ4n) is 5.43. The van der Waals surface area contributed by atoms with Crippen LogP contribution in [0.5, 0.6) is 0 Å². The van der Waals surface area contributed by atoms with Crippen molar-refractivity contribution < 1.29 is 43.0 Å². The van der Waals surface area contributed by atoms with Gasteiger partial charge in [-0.2, -0.15) is 0 Å². The lowest BCUT2D eigenvalue weighted by atomic mass is 9.98. The highest BCUT2D eigenvalue weighted by Crippen LogP contribution is 2.12. The molecule has 0 aliphatic carbocycles. The summed E-state index contributed by atoms with van der Waals surface area (Å²) in [6.45, 7) is 12.1. The maximum Gasteiger partial charge on any atom is 0.408 e. The first kappa shape index (κ1) is 45.7. The van der Waals surface area contributed by atoms with Gasteiger partial charge < -0.3 is 41.4 Å². The molecule has 15 heteroatoms. The zero-order valence-corrected chi connectivity index (χ0v) is 33.1. The van der Waals surface area contributed by atoms with Crippen LogP contribution in [-0.4, -0.2) is 85.5 Å². The molecule has 302 valence electrons. The van der Waals surface area contributed by atoms with Crippen LogP contribution < -0.4 is 31.9 Å². The summed E-state index contributed by atoms with van der Waals surface area (Å²) in [6, 6.07) is 11.6. The summed E-state index contributed by atoms with van der Waals surface area (Å²) in [5.41, 5.74) is 1.08. The van der Waals surface area contributed by atoms with Crippen molar-refractivity contribution in [3.8, 4) is 0 Å². The molecule has 0 aliphatic rings. The molecule has 2 aromatic carbocycles. The molecule has 0 fully saturated rings. The molecule has 2 aromatic rings. The second-order valence-corrected chi connectivity index (χ2v) is 14.1. The standard InChI is InChI=1S/C40H58N6O9/c1-9-26(7)33(39(52)54-8)45-35(48)29(10-2)42-37(50)31(22-41-34(47)28-19-15-12-16-20-28)44-36(49)30(21-24(3)4)43-38(51)32(25(5)6)46-40(53)55-23-27-17-13-11-14-18-27/h11-20,24-26,29-33H,9-10,21-23H2,1-8H3,(H,41,47)(H,42,50)(H,43,51)(H,44,49)(H,45,48)(H,46,53)/t26-,29-,30-,31?,32-,33-/m0/s1. The Hall–Kier alpha value is -5.47. The number of amides is 6. The maximum absolute atomic E-state index is 13.9. The van der Waals surface area contributed by atoms with E-state index in [1.165, 1.54) is 7.11 Å². The van der Waals surface area contributed by atoms with Gasteiger partial charge in [0.2, 0.25) is 23.6 Å². The highest BCUT2D eigenvalue weighted by atomic mass is 16.5. The second kappa shape index (κ2) is 23.3. The molecule has 0 heterocycles. The molecular formula is C40H58N6O9. The lowest BCUT2D eigenvalue weighted by Gasteiger charge is -2.28. The Bertz CT molecular complexity index is 1570. The molecule has 15 nitrogen and oxygen atoms in total. The molecule has 0 saturated heterocycles. The number of methoxy groups -OCH3 is 1. The largest absolute Gasteiger partial charge is 0.467 e. The molecule has 0 spiro atoms. The van der Waals surface area contributed by atoms with Gasteiger partial charge in [-0.25, -0.2) is 9.59 Å². The maximum atomic E-state index is 13.9. The molecule has 6 amide bonds. The molecule has 6 atom stereocenters. The minimum absolute atomic E-state index is 0.00791. The average Bonchev–Trinajstić information content (AvgIpc) is 3.17. The quantitative estimate of drug-likeness (QED) is 0.103. The second-order valence-electron chi connectivity index (χ2n) is 14.1. The van der Waals surface area contributed by atoms with Gasteiger partial charge in [0.1, 0.15) is 36.8 Å². The van der Waals surface area contributed by atoms with E-state index in [9.17, 15) is 33.6 Å². The van der Waals surface area contributed by atoms with Gasteiger partial charge in [-0.15, -0.1) is 0 Å². The Morgan fingerprint density at radius 3 is 1.71 bits per heavy atom. The number of benzene rings is 2. The van der Waals surface area contributed by atoms with Crippen molar-refractivity contribution in [2.75, 3.05) is 13.7 Å². The van der Waals surface area contributed by atoms with Gasteiger partial charge in [-0.3, -0.25) is 24.0 Å². The van der Waals surface area contributed by atoms with E-state index in [1.54, 1.807) is 70.2 Å². The fourth-order valence-corrected chi connectivity index (χ4v) is 5.43. The number of ether oxygens (including phenoxy) is 2. The van der Waals surface area contributed by atoms with Crippen LogP contribution in [0.2, 0.25) is 0 Å². The highest BCUT2D eigenvalue weighted by molar-refractivity contribution is 5.97. The molecule has 2 rings (SSSR count).